The van der Waals surface area contributed by atoms with Gasteiger partial charge in [-0.3, -0.25) is 18.2 Å². The summed E-state index contributed by atoms with van der Waals surface area (Å²) in [6.07, 6.45) is 0. The third kappa shape index (κ3) is 36300. The second-order valence-electron chi connectivity index (χ2n) is 0.896. The van der Waals surface area contributed by atoms with Gasteiger partial charge in [-0.1, -0.05) is 0 Å². The Morgan fingerprint density at radius 2 is 0.533 bits per heavy atom. The van der Waals surface area contributed by atoms with Crippen molar-refractivity contribution in [3.05, 3.63) is 0 Å². The Labute approximate surface area is 101 Å². The Morgan fingerprint density at radius 1 is 0.533 bits per heavy atom. The van der Waals surface area contributed by atoms with Crippen molar-refractivity contribution in [1.29, 1.82) is 0 Å². The minimum atomic E-state index is -4.67. The molecule has 0 atom stereocenters. The van der Waals surface area contributed by atoms with Crippen LogP contribution in [-0.2, 0) is 41.2 Å². The van der Waals surface area contributed by atoms with Crippen molar-refractivity contribution in [3.8, 4) is 0 Å². The summed E-state index contributed by atoms with van der Waals surface area (Å²) in [7, 11) is -9.33. The first kappa shape index (κ1) is 45.5. The summed E-state index contributed by atoms with van der Waals surface area (Å²) in [5, 5.41) is 0. The van der Waals surface area contributed by atoms with E-state index in [-0.39, 0.29) is 45.0 Å². The standard InChI is InChI=1S/4H3N.2H2O4S.Pd/c;;;;2*1-5(2,3)4;/h4*1H3;2*(H2,1,2,3,4);. The first-order chi connectivity index (χ1) is 4.00. The summed E-state index contributed by atoms with van der Waals surface area (Å²) in [5.74, 6) is 0. The molecule has 15 heteroatoms. The van der Waals surface area contributed by atoms with E-state index in [1.165, 1.54) is 0 Å². The maximum absolute atomic E-state index is 8.74. The summed E-state index contributed by atoms with van der Waals surface area (Å²) >= 11 is 0. The predicted molar refractivity (Wildman–Crippen MR) is 48.4 cm³/mol. The van der Waals surface area contributed by atoms with Gasteiger partial charge in [0.05, 0.1) is 0 Å². The molecule has 0 spiro atoms. The van der Waals surface area contributed by atoms with Crippen LogP contribution in [0.15, 0.2) is 0 Å². The van der Waals surface area contributed by atoms with Crippen LogP contribution in [0.1, 0.15) is 0 Å². The zero-order valence-electron chi connectivity index (χ0n) is 7.38. The third-order valence-corrected chi connectivity index (χ3v) is 0. The van der Waals surface area contributed by atoms with Crippen LogP contribution in [0.3, 0.4) is 0 Å². The molecule has 0 fully saturated rings. The topological polar surface area (TPSA) is 289 Å². The minimum absolute atomic E-state index is 0. The largest absolute Gasteiger partial charge is 0.394 e. The van der Waals surface area contributed by atoms with Crippen LogP contribution in [0.5, 0.6) is 0 Å². The van der Waals surface area contributed by atoms with Gasteiger partial charge in [-0.2, -0.15) is 16.8 Å². The molecule has 0 amide bonds. The van der Waals surface area contributed by atoms with Crippen LogP contribution in [0.2, 0.25) is 0 Å². The van der Waals surface area contributed by atoms with Gasteiger partial charge >= 0.3 is 20.8 Å². The van der Waals surface area contributed by atoms with E-state index in [2.05, 4.69) is 0 Å². The SMILES string of the molecule is N.N.N.N.O=S(=O)(O)O.O=S(=O)(O)O.[Pd]. The van der Waals surface area contributed by atoms with Gasteiger partial charge in [-0.05, 0) is 0 Å². The zero-order chi connectivity index (χ0) is 9.00. The van der Waals surface area contributed by atoms with Crippen molar-refractivity contribution in [2.75, 3.05) is 0 Å². The summed E-state index contributed by atoms with van der Waals surface area (Å²) in [4.78, 5) is 0. The molecule has 0 bridgehead atoms. The molecular weight excluding hydrogens is 355 g/mol. The van der Waals surface area contributed by atoms with Crippen LogP contribution in [0.4, 0.5) is 0 Å². The Morgan fingerprint density at radius 3 is 0.533 bits per heavy atom. The average molecular weight is 371 g/mol. The van der Waals surface area contributed by atoms with Crippen LogP contribution < -0.4 is 24.6 Å². The number of rotatable bonds is 0. The van der Waals surface area contributed by atoms with Crippen LogP contribution in [-0.4, -0.2) is 35.0 Å². The molecule has 12 nitrogen and oxygen atoms in total. The molecule has 0 aliphatic carbocycles. The van der Waals surface area contributed by atoms with Crippen LogP contribution >= 0.6 is 0 Å². The number of hydrogen-bond acceptors (Lipinski definition) is 8. The third-order valence-electron chi connectivity index (χ3n) is 0. The Bertz CT molecular complexity index is 221. The van der Waals surface area contributed by atoms with E-state index >= 15 is 0 Å². The number of hydrogen-bond donors (Lipinski definition) is 8. The fourth-order valence-electron chi connectivity index (χ4n) is 0. The van der Waals surface area contributed by atoms with Gasteiger partial charge in [0.25, 0.3) is 0 Å². The molecule has 15 heavy (non-hydrogen) atoms. The second kappa shape index (κ2) is 16.7. The summed E-state index contributed by atoms with van der Waals surface area (Å²) in [6.45, 7) is 0. The molecule has 0 unspecified atom stereocenters. The van der Waals surface area contributed by atoms with Gasteiger partial charge in [0.15, 0.2) is 0 Å². The molecule has 0 saturated heterocycles. The Hall–Kier alpha value is 0.242. The second-order valence-corrected chi connectivity index (χ2v) is 2.69. The normalized spacial score (nSPS) is 7.73. The summed E-state index contributed by atoms with van der Waals surface area (Å²) in [5.41, 5.74) is 0. The van der Waals surface area contributed by atoms with Gasteiger partial charge in [0.2, 0.25) is 0 Å². The monoisotopic (exact) mass is 370 g/mol. The van der Waals surface area contributed by atoms with Crippen molar-refractivity contribution >= 4 is 20.8 Å². The molecule has 16 N–H and O–H groups in total. The smallest absolute Gasteiger partial charge is 0.344 e. The van der Waals surface area contributed by atoms with Gasteiger partial charge in [-0.15, -0.1) is 0 Å². The van der Waals surface area contributed by atoms with Gasteiger partial charge in [-0.25, -0.2) is 0 Å². The van der Waals surface area contributed by atoms with E-state index in [4.69, 9.17) is 35.0 Å². The van der Waals surface area contributed by atoms with Crippen molar-refractivity contribution in [3.63, 3.8) is 0 Å². The quantitative estimate of drug-likeness (QED) is 0.194. The maximum atomic E-state index is 8.74. The maximum Gasteiger partial charge on any atom is 0.394 e. The van der Waals surface area contributed by atoms with Crippen LogP contribution in [0, 0.1) is 0 Å². The zero-order valence-corrected chi connectivity index (χ0v) is 10.6. The van der Waals surface area contributed by atoms with Crippen molar-refractivity contribution in [2.24, 2.45) is 0 Å². The van der Waals surface area contributed by atoms with E-state index in [1.807, 2.05) is 0 Å². The van der Waals surface area contributed by atoms with Crippen molar-refractivity contribution in [1.82, 2.24) is 24.6 Å². The molecule has 0 rings (SSSR count). The van der Waals surface area contributed by atoms with E-state index in [9.17, 15) is 0 Å². The first-order valence-corrected chi connectivity index (χ1v) is 4.19. The average Bonchev–Trinajstić information content (AvgIpc) is 1.12. The molecule has 0 aromatic carbocycles. The molecular formula is H16N4O8PdS2. The first-order valence-electron chi connectivity index (χ1n) is 1.40. The fraction of sp³-hybridized carbons (Fsp3) is 0. The minimum Gasteiger partial charge on any atom is -0.344 e. The molecule has 0 aliphatic heterocycles. The Kier molecular flexibility index (Phi) is 50.6. The Balaban J connectivity index is -0.0000000128. The molecule has 0 heterocycles. The van der Waals surface area contributed by atoms with E-state index in [1.54, 1.807) is 0 Å². The van der Waals surface area contributed by atoms with Gasteiger partial charge in [0, 0.05) is 20.4 Å². The van der Waals surface area contributed by atoms with Crippen LogP contribution in [0.25, 0.3) is 0 Å². The summed E-state index contributed by atoms with van der Waals surface area (Å²) in [6, 6.07) is 0. The predicted octanol–water partition coefficient (Wildman–Crippen LogP) is -0.660. The van der Waals surface area contributed by atoms with E-state index in [0.29, 0.717) is 0 Å². The molecule has 106 valence electrons. The van der Waals surface area contributed by atoms with E-state index in [0.717, 1.165) is 0 Å². The van der Waals surface area contributed by atoms with Gasteiger partial charge in [0.1, 0.15) is 0 Å². The van der Waals surface area contributed by atoms with Crippen molar-refractivity contribution in [2.45, 2.75) is 0 Å². The molecule has 0 aromatic heterocycles. The van der Waals surface area contributed by atoms with Gasteiger partial charge < -0.3 is 24.6 Å². The molecule has 0 aliphatic rings. The molecule has 0 saturated carbocycles. The van der Waals surface area contributed by atoms with Crippen molar-refractivity contribution < 1.29 is 55.5 Å². The van der Waals surface area contributed by atoms with E-state index < -0.39 is 20.8 Å². The fourth-order valence-corrected chi connectivity index (χ4v) is 0. The molecule has 0 radical (unpaired) electrons. The molecule has 0 aromatic rings. The summed E-state index contributed by atoms with van der Waals surface area (Å²) < 4.78 is 63.2.